The van der Waals surface area contributed by atoms with Gasteiger partial charge in [-0.3, -0.25) is 4.79 Å². The van der Waals surface area contributed by atoms with E-state index in [4.69, 9.17) is 15.2 Å². The normalized spacial score (nSPS) is 11.5. The minimum absolute atomic E-state index is 0.238. The molecule has 2 rings (SSSR count). The van der Waals surface area contributed by atoms with Gasteiger partial charge < -0.3 is 15.2 Å². The van der Waals surface area contributed by atoms with Crippen molar-refractivity contribution >= 4 is 11.9 Å². The SMILES string of the molecule is COc1ccccc1C(=O)OC(C(N)=O)c1ccccc1. The Bertz CT molecular complexity index is 640. The Morgan fingerprint density at radius 3 is 2.24 bits per heavy atom. The van der Waals surface area contributed by atoms with Gasteiger partial charge in [-0.2, -0.15) is 0 Å². The van der Waals surface area contributed by atoms with E-state index in [9.17, 15) is 9.59 Å². The second-order valence-electron chi connectivity index (χ2n) is 4.30. The zero-order valence-electron chi connectivity index (χ0n) is 11.5. The topological polar surface area (TPSA) is 78.6 Å². The number of esters is 1. The number of carbonyl (C=O) groups is 2. The van der Waals surface area contributed by atoms with Crippen LogP contribution in [-0.4, -0.2) is 19.0 Å². The number of methoxy groups -OCH3 is 1. The van der Waals surface area contributed by atoms with Gasteiger partial charge in [0, 0.05) is 5.56 Å². The molecule has 0 spiro atoms. The first-order chi connectivity index (χ1) is 10.1. The number of rotatable bonds is 5. The van der Waals surface area contributed by atoms with Crippen LogP contribution >= 0.6 is 0 Å². The van der Waals surface area contributed by atoms with Crippen LogP contribution in [0.1, 0.15) is 22.0 Å². The number of hydrogen-bond donors (Lipinski definition) is 1. The maximum Gasteiger partial charge on any atom is 0.343 e. The highest BCUT2D eigenvalue weighted by atomic mass is 16.5. The summed E-state index contributed by atoms with van der Waals surface area (Å²) in [5.41, 5.74) is 6.08. The summed E-state index contributed by atoms with van der Waals surface area (Å²) in [4.78, 5) is 23.7. The van der Waals surface area contributed by atoms with Crippen LogP contribution < -0.4 is 10.5 Å². The molecule has 108 valence electrons. The van der Waals surface area contributed by atoms with Crippen molar-refractivity contribution in [2.75, 3.05) is 7.11 Å². The van der Waals surface area contributed by atoms with Crippen molar-refractivity contribution < 1.29 is 19.1 Å². The Labute approximate surface area is 122 Å². The molecular formula is C16H15NO4. The Hall–Kier alpha value is -2.82. The van der Waals surface area contributed by atoms with Crippen molar-refractivity contribution in [3.05, 3.63) is 65.7 Å². The van der Waals surface area contributed by atoms with Crippen molar-refractivity contribution in [1.29, 1.82) is 0 Å². The van der Waals surface area contributed by atoms with E-state index in [1.165, 1.54) is 7.11 Å². The third-order valence-electron chi connectivity index (χ3n) is 2.91. The molecule has 1 atom stereocenters. The van der Waals surface area contributed by atoms with E-state index in [2.05, 4.69) is 0 Å². The summed E-state index contributed by atoms with van der Waals surface area (Å²) in [7, 11) is 1.45. The lowest BCUT2D eigenvalue weighted by Gasteiger charge is -2.16. The van der Waals surface area contributed by atoms with E-state index < -0.39 is 18.0 Å². The summed E-state index contributed by atoms with van der Waals surface area (Å²) in [5.74, 6) is -1.02. The molecule has 0 saturated carbocycles. The molecule has 0 aliphatic carbocycles. The fourth-order valence-corrected chi connectivity index (χ4v) is 1.90. The third kappa shape index (κ3) is 3.39. The van der Waals surface area contributed by atoms with Crippen LogP contribution in [0.3, 0.4) is 0 Å². The molecule has 2 aromatic carbocycles. The zero-order chi connectivity index (χ0) is 15.2. The van der Waals surface area contributed by atoms with E-state index in [0.717, 1.165) is 0 Å². The highest BCUT2D eigenvalue weighted by Gasteiger charge is 2.24. The number of carbonyl (C=O) groups excluding carboxylic acids is 2. The molecule has 0 saturated heterocycles. The molecule has 0 fully saturated rings. The van der Waals surface area contributed by atoms with Gasteiger partial charge in [-0.15, -0.1) is 0 Å². The van der Waals surface area contributed by atoms with Crippen LogP contribution in [0.15, 0.2) is 54.6 Å². The van der Waals surface area contributed by atoms with Crippen LogP contribution in [0.5, 0.6) is 5.75 Å². The number of primary amides is 1. The Morgan fingerprint density at radius 2 is 1.62 bits per heavy atom. The van der Waals surface area contributed by atoms with E-state index in [0.29, 0.717) is 11.3 Å². The van der Waals surface area contributed by atoms with Gasteiger partial charge in [0.15, 0.2) is 0 Å². The number of hydrogen-bond acceptors (Lipinski definition) is 4. The molecule has 21 heavy (non-hydrogen) atoms. The van der Waals surface area contributed by atoms with Crippen molar-refractivity contribution in [1.82, 2.24) is 0 Å². The fraction of sp³-hybridized carbons (Fsp3) is 0.125. The van der Waals surface area contributed by atoms with Crippen LogP contribution in [0.4, 0.5) is 0 Å². The van der Waals surface area contributed by atoms with E-state index in [-0.39, 0.29) is 5.56 Å². The largest absolute Gasteiger partial charge is 0.496 e. The molecule has 1 amide bonds. The van der Waals surface area contributed by atoms with E-state index >= 15 is 0 Å². The molecule has 0 radical (unpaired) electrons. The number of benzene rings is 2. The molecule has 2 aromatic rings. The minimum Gasteiger partial charge on any atom is -0.496 e. The van der Waals surface area contributed by atoms with Crippen molar-refractivity contribution in [2.24, 2.45) is 5.73 Å². The van der Waals surface area contributed by atoms with Crippen molar-refractivity contribution in [2.45, 2.75) is 6.10 Å². The van der Waals surface area contributed by atoms with Gasteiger partial charge in [-0.05, 0) is 12.1 Å². The minimum atomic E-state index is -1.14. The first kappa shape index (κ1) is 14.6. The van der Waals surface area contributed by atoms with Crippen molar-refractivity contribution in [3.8, 4) is 5.75 Å². The van der Waals surface area contributed by atoms with Gasteiger partial charge in [0.25, 0.3) is 5.91 Å². The molecule has 5 nitrogen and oxygen atoms in total. The monoisotopic (exact) mass is 285 g/mol. The zero-order valence-corrected chi connectivity index (χ0v) is 11.5. The maximum absolute atomic E-state index is 12.2. The quantitative estimate of drug-likeness (QED) is 0.853. The predicted octanol–water partition coefficient (Wildman–Crippen LogP) is 2.08. The molecule has 0 aliphatic rings. The molecule has 0 aromatic heterocycles. The molecule has 5 heteroatoms. The van der Waals surface area contributed by atoms with E-state index in [1.807, 2.05) is 0 Å². The summed E-state index contributed by atoms with van der Waals surface area (Å²) in [6.07, 6.45) is -1.14. The number of amides is 1. The molecule has 0 bridgehead atoms. The summed E-state index contributed by atoms with van der Waals surface area (Å²) in [6.45, 7) is 0. The average molecular weight is 285 g/mol. The first-order valence-electron chi connectivity index (χ1n) is 6.31. The van der Waals surface area contributed by atoms with Gasteiger partial charge in [0.05, 0.1) is 7.11 Å². The van der Waals surface area contributed by atoms with Crippen LogP contribution in [0.2, 0.25) is 0 Å². The highest BCUT2D eigenvalue weighted by Crippen LogP contribution is 2.23. The van der Waals surface area contributed by atoms with Crippen LogP contribution in [0.25, 0.3) is 0 Å². The molecule has 2 N–H and O–H groups in total. The van der Waals surface area contributed by atoms with Crippen LogP contribution in [0, 0.1) is 0 Å². The Kier molecular flexibility index (Phi) is 4.56. The smallest absolute Gasteiger partial charge is 0.343 e. The number of para-hydroxylation sites is 1. The number of ether oxygens (including phenoxy) is 2. The Balaban J connectivity index is 2.25. The lowest BCUT2D eigenvalue weighted by molar-refractivity contribution is -0.127. The molecule has 1 unspecified atom stereocenters. The molecule has 0 aliphatic heterocycles. The molecule has 0 heterocycles. The van der Waals surface area contributed by atoms with Crippen LogP contribution in [-0.2, 0) is 9.53 Å². The van der Waals surface area contributed by atoms with E-state index in [1.54, 1.807) is 54.6 Å². The third-order valence-corrected chi connectivity index (χ3v) is 2.91. The van der Waals surface area contributed by atoms with Gasteiger partial charge >= 0.3 is 5.97 Å². The van der Waals surface area contributed by atoms with Crippen molar-refractivity contribution in [3.63, 3.8) is 0 Å². The second-order valence-corrected chi connectivity index (χ2v) is 4.30. The number of nitrogens with two attached hydrogens (primary N) is 1. The second kappa shape index (κ2) is 6.56. The first-order valence-corrected chi connectivity index (χ1v) is 6.31. The summed E-state index contributed by atoms with van der Waals surface area (Å²) >= 11 is 0. The molecular weight excluding hydrogens is 270 g/mol. The van der Waals surface area contributed by atoms with Gasteiger partial charge in [0.2, 0.25) is 6.10 Å². The standard InChI is InChI=1S/C16H15NO4/c1-20-13-10-6-5-9-12(13)16(19)21-14(15(17)18)11-7-3-2-4-8-11/h2-10,14H,1H3,(H2,17,18). The maximum atomic E-state index is 12.2. The Morgan fingerprint density at radius 1 is 1.00 bits per heavy atom. The summed E-state index contributed by atoms with van der Waals surface area (Å²) in [6, 6.07) is 15.2. The van der Waals surface area contributed by atoms with Gasteiger partial charge in [-0.25, -0.2) is 4.79 Å². The fourth-order valence-electron chi connectivity index (χ4n) is 1.90. The van der Waals surface area contributed by atoms with Gasteiger partial charge in [0.1, 0.15) is 11.3 Å². The lowest BCUT2D eigenvalue weighted by atomic mass is 10.1. The predicted molar refractivity (Wildman–Crippen MR) is 76.8 cm³/mol. The average Bonchev–Trinajstić information content (AvgIpc) is 2.52. The summed E-state index contributed by atoms with van der Waals surface area (Å²) in [5, 5.41) is 0. The van der Waals surface area contributed by atoms with Gasteiger partial charge in [-0.1, -0.05) is 42.5 Å². The highest BCUT2D eigenvalue weighted by molar-refractivity contribution is 5.94. The summed E-state index contributed by atoms with van der Waals surface area (Å²) < 4.78 is 10.3. The lowest BCUT2D eigenvalue weighted by Crippen LogP contribution is -2.26.